The smallest absolute Gasteiger partial charge is 0.0420 e. The van der Waals surface area contributed by atoms with Crippen molar-refractivity contribution >= 4 is 27.5 Å². The van der Waals surface area contributed by atoms with Crippen molar-refractivity contribution in [2.24, 2.45) is 5.92 Å². The summed E-state index contributed by atoms with van der Waals surface area (Å²) in [5, 5.41) is 4.55. The second-order valence-corrected chi connectivity index (χ2v) is 6.88. The maximum absolute atomic E-state index is 6.21. The molecule has 1 aliphatic rings. The third-order valence-electron chi connectivity index (χ3n) is 3.98. The van der Waals surface area contributed by atoms with Gasteiger partial charge in [0.2, 0.25) is 0 Å². The van der Waals surface area contributed by atoms with Gasteiger partial charge < -0.3 is 5.32 Å². The van der Waals surface area contributed by atoms with Crippen molar-refractivity contribution in [2.45, 2.75) is 51.5 Å². The molecular formula is C16H23BrClN. The lowest BCUT2D eigenvalue weighted by Gasteiger charge is -2.31. The molecule has 3 heteroatoms. The van der Waals surface area contributed by atoms with Crippen LogP contribution in [0.2, 0.25) is 5.02 Å². The number of rotatable bonds is 5. The first-order valence-electron chi connectivity index (χ1n) is 7.40. The molecule has 1 saturated carbocycles. The zero-order chi connectivity index (χ0) is 13.7. The molecule has 1 aromatic rings. The summed E-state index contributed by atoms with van der Waals surface area (Å²) in [7, 11) is 0. The Morgan fingerprint density at radius 3 is 2.63 bits per heavy atom. The Balaban J connectivity index is 2.19. The third kappa shape index (κ3) is 4.47. The van der Waals surface area contributed by atoms with Gasteiger partial charge in [-0.1, -0.05) is 53.7 Å². The average Bonchev–Trinajstić information content (AvgIpc) is 2.39. The Morgan fingerprint density at radius 2 is 2.00 bits per heavy atom. The van der Waals surface area contributed by atoms with Gasteiger partial charge >= 0.3 is 0 Å². The first-order valence-corrected chi connectivity index (χ1v) is 8.57. The standard InChI is InChI=1S/C16H23BrClN/c1-2-8-19-16(12-6-4-3-5-7-12)13-9-14(17)11-15(18)10-13/h9-12,16,19H,2-8H2,1H3. The molecule has 1 aromatic carbocycles. The SMILES string of the molecule is CCCNC(c1cc(Cl)cc(Br)c1)C1CCCCC1. The topological polar surface area (TPSA) is 12.0 Å². The Labute approximate surface area is 130 Å². The number of halogens is 2. The Hall–Kier alpha value is -0.0500. The van der Waals surface area contributed by atoms with Gasteiger partial charge in [0.15, 0.2) is 0 Å². The van der Waals surface area contributed by atoms with Crippen molar-refractivity contribution in [1.82, 2.24) is 5.32 Å². The van der Waals surface area contributed by atoms with Crippen LogP contribution in [0.4, 0.5) is 0 Å². The molecule has 19 heavy (non-hydrogen) atoms. The highest BCUT2D eigenvalue weighted by Crippen LogP contribution is 2.36. The summed E-state index contributed by atoms with van der Waals surface area (Å²) in [5.41, 5.74) is 1.33. The minimum atomic E-state index is 0.454. The van der Waals surface area contributed by atoms with Gasteiger partial charge in [0.25, 0.3) is 0 Å². The minimum Gasteiger partial charge on any atom is -0.310 e. The van der Waals surface area contributed by atoms with Crippen LogP contribution in [-0.4, -0.2) is 6.54 Å². The van der Waals surface area contributed by atoms with Gasteiger partial charge in [0.05, 0.1) is 0 Å². The predicted molar refractivity (Wildman–Crippen MR) is 86.8 cm³/mol. The summed E-state index contributed by atoms with van der Waals surface area (Å²) in [6, 6.07) is 6.75. The Morgan fingerprint density at radius 1 is 1.26 bits per heavy atom. The van der Waals surface area contributed by atoms with Crippen molar-refractivity contribution in [3.8, 4) is 0 Å². The maximum atomic E-state index is 6.21. The number of benzene rings is 1. The molecule has 1 aliphatic carbocycles. The van der Waals surface area contributed by atoms with Crippen LogP contribution in [0.3, 0.4) is 0 Å². The van der Waals surface area contributed by atoms with E-state index in [0.29, 0.717) is 6.04 Å². The average molecular weight is 345 g/mol. The van der Waals surface area contributed by atoms with E-state index in [1.807, 2.05) is 6.07 Å². The molecule has 1 atom stereocenters. The van der Waals surface area contributed by atoms with Crippen LogP contribution in [0.25, 0.3) is 0 Å². The van der Waals surface area contributed by atoms with Crippen LogP contribution in [0, 0.1) is 5.92 Å². The van der Waals surface area contributed by atoms with E-state index in [0.717, 1.165) is 22.0 Å². The molecule has 106 valence electrons. The summed E-state index contributed by atoms with van der Waals surface area (Å²) in [5.74, 6) is 0.755. The largest absolute Gasteiger partial charge is 0.310 e. The quantitative estimate of drug-likeness (QED) is 0.720. The van der Waals surface area contributed by atoms with Crippen LogP contribution >= 0.6 is 27.5 Å². The molecule has 0 saturated heterocycles. The van der Waals surface area contributed by atoms with E-state index in [1.54, 1.807) is 0 Å². The third-order valence-corrected chi connectivity index (χ3v) is 4.66. The summed E-state index contributed by atoms with van der Waals surface area (Å²) >= 11 is 9.77. The summed E-state index contributed by atoms with van der Waals surface area (Å²) in [6.07, 6.45) is 7.99. The molecule has 0 spiro atoms. The van der Waals surface area contributed by atoms with Crippen molar-refractivity contribution in [3.05, 3.63) is 33.3 Å². The zero-order valence-electron chi connectivity index (χ0n) is 11.6. The van der Waals surface area contributed by atoms with E-state index in [1.165, 1.54) is 44.1 Å². The molecule has 1 fully saturated rings. The van der Waals surface area contributed by atoms with Gasteiger partial charge in [-0.3, -0.25) is 0 Å². The fourth-order valence-electron chi connectivity index (χ4n) is 3.08. The van der Waals surface area contributed by atoms with Gasteiger partial charge in [0, 0.05) is 15.5 Å². The highest BCUT2D eigenvalue weighted by molar-refractivity contribution is 9.10. The van der Waals surface area contributed by atoms with Crippen molar-refractivity contribution in [3.63, 3.8) is 0 Å². The van der Waals surface area contributed by atoms with E-state index in [-0.39, 0.29) is 0 Å². The molecule has 0 heterocycles. The Kier molecular flexibility index (Phi) is 6.18. The predicted octanol–water partition coefficient (Wildman–Crippen LogP) is 5.72. The summed E-state index contributed by atoms with van der Waals surface area (Å²) in [4.78, 5) is 0. The van der Waals surface area contributed by atoms with Gasteiger partial charge in [-0.25, -0.2) is 0 Å². The van der Waals surface area contributed by atoms with Gasteiger partial charge in [-0.05, 0) is 55.5 Å². The van der Waals surface area contributed by atoms with Crippen LogP contribution in [0.1, 0.15) is 57.1 Å². The molecule has 0 amide bonds. The lowest BCUT2D eigenvalue weighted by atomic mass is 9.81. The van der Waals surface area contributed by atoms with Gasteiger partial charge in [-0.15, -0.1) is 0 Å². The van der Waals surface area contributed by atoms with E-state index in [2.05, 4.69) is 40.3 Å². The molecule has 1 unspecified atom stereocenters. The fraction of sp³-hybridized carbons (Fsp3) is 0.625. The van der Waals surface area contributed by atoms with Crippen LogP contribution in [-0.2, 0) is 0 Å². The Bertz CT molecular complexity index is 381. The lowest BCUT2D eigenvalue weighted by Crippen LogP contribution is -2.30. The first-order chi connectivity index (χ1) is 9.20. The highest BCUT2D eigenvalue weighted by atomic mass is 79.9. The molecular weight excluding hydrogens is 322 g/mol. The van der Waals surface area contributed by atoms with Crippen molar-refractivity contribution in [2.75, 3.05) is 6.54 Å². The van der Waals surface area contributed by atoms with Crippen LogP contribution in [0.15, 0.2) is 22.7 Å². The first kappa shape index (κ1) is 15.3. The fourth-order valence-corrected chi connectivity index (χ4v) is 3.97. The molecule has 0 radical (unpaired) electrons. The number of nitrogens with one attached hydrogen (secondary N) is 1. The normalized spacial score (nSPS) is 18.5. The van der Waals surface area contributed by atoms with E-state index in [9.17, 15) is 0 Å². The van der Waals surface area contributed by atoms with E-state index >= 15 is 0 Å². The summed E-state index contributed by atoms with van der Waals surface area (Å²) < 4.78 is 1.08. The zero-order valence-corrected chi connectivity index (χ0v) is 13.9. The molecule has 0 aromatic heterocycles. The molecule has 1 nitrogen and oxygen atoms in total. The van der Waals surface area contributed by atoms with Crippen molar-refractivity contribution < 1.29 is 0 Å². The van der Waals surface area contributed by atoms with Crippen LogP contribution < -0.4 is 5.32 Å². The molecule has 1 N–H and O–H groups in total. The summed E-state index contributed by atoms with van der Waals surface area (Å²) in [6.45, 7) is 3.30. The highest BCUT2D eigenvalue weighted by Gasteiger charge is 2.24. The molecule has 0 aliphatic heterocycles. The molecule has 2 rings (SSSR count). The van der Waals surface area contributed by atoms with E-state index < -0.39 is 0 Å². The number of hydrogen-bond donors (Lipinski definition) is 1. The monoisotopic (exact) mass is 343 g/mol. The second kappa shape index (κ2) is 7.66. The van der Waals surface area contributed by atoms with Crippen LogP contribution in [0.5, 0.6) is 0 Å². The number of hydrogen-bond acceptors (Lipinski definition) is 1. The second-order valence-electron chi connectivity index (χ2n) is 5.53. The van der Waals surface area contributed by atoms with Gasteiger partial charge in [0.1, 0.15) is 0 Å². The maximum Gasteiger partial charge on any atom is 0.0420 e. The molecule has 0 bridgehead atoms. The van der Waals surface area contributed by atoms with Crippen molar-refractivity contribution in [1.29, 1.82) is 0 Å². The minimum absolute atomic E-state index is 0.454. The van der Waals surface area contributed by atoms with E-state index in [4.69, 9.17) is 11.6 Å². The van der Waals surface area contributed by atoms with Gasteiger partial charge in [-0.2, -0.15) is 0 Å². The lowest BCUT2D eigenvalue weighted by molar-refractivity contribution is 0.272.